The molecule has 2 aliphatic heterocycles. The predicted octanol–water partition coefficient (Wildman–Crippen LogP) is 2.10. The molecule has 0 aromatic heterocycles. The lowest BCUT2D eigenvalue weighted by Gasteiger charge is -2.35. The smallest absolute Gasteiger partial charge is 0.253 e. The number of amides is 2. The molecule has 1 aromatic carbocycles. The summed E-state index contributed by atoms with van der Waals surface area (Å²) in [5.41, 5.74) is 0.461. The van der Waals surface area contributed by atoms with Crippen molar-refractivity contribution in [2.45, 2.75) is 62.0 Å². The Kier molecular flexibility index (Phi) is 7.17. The minimum absolute atomic E-state index is 0.0197. The Labute approximate surface area is 190 Å². The van der Waals surface area contributed by atoms with Crippen LogP contribution in [-0.2, 0) is 19.6 Å². The molecule has 2 heterocycles. The van der Waals surface area contributed by atoms with Crippen molar-refractivity contribution >= 4 is 21.8 Å². The van der Waals surface area contributed by atoms with Crippen LogP contribution < -0.4 is 0 Å². The van der Waals surface area contributed by atoms with Crippen LogP contribution in [0.5, 0.6) is 0 Å². The van der Waals surface area contributed by atoms with E-state index < -0.39 is 10.0 Å². The van der Waals surface area contributed by atoms with Crippen molar-refractivity contribution in [3.8, 4) is 0 Å². The van der Waals surface area contributed by atoms with Gasteiger partial charge in [-0.3, -0.25) is 9.59 Å². The molecule has 8 nitrogen and oxygen atoms in total. The second-order valence-corrected chi connectivity index (χ2v) is 11.0. The number of benzene rings is 1. The molecule has 0 spiro atoms. The van der Waals surface area contributed by atoms with Crippen molar-refractivity contribution in [2.75, 3.05) is 39.8 Å². The molecule has 1 unspecified atom stereocenters. The van der Waals surface area contributed by atoms with E-state index in [0.29, 0.717) is 38.3 Å². The molecule has 0 radical (unpaired) electrons. The summed E-state index contributed by atoms with van der Waals surface area (Å²) in [7, 11) is -1.92. The van der Waals surface area contributed by atoms with Crippen LogP contribution >= 0.6 is 0 Å². The highest BCUT2D eigenvalue weighted by Gasteiger charge is 2.32. The quantitative estimate of drug-likeness (QED) is 0.667. The van der Waals surface area contributed by atoms with Gasteiger partial charge in [-0.1, -0.05) is 19.3 Å². The number of nitrogens with zero attached hydrogens (tertiary/aromatic N) is 3. The zero-order chi connectivity index (χ0) is 22.7. The Morgan fingerprint density at radius 2 is 1.53 bits per heavy atom. The van der Waals surface area contributed by atoms with Crippen LogP contribution in [0.1, 0.15) is 55.3 Å². The molecule has 0 bridgehead atoms. The monoisotopic (exact) mass is 463 g/mol. The van der Waals surface area contributed by atoms with Gasteiger partial charge in [-0.15, -0.1) is 0 Å². The van der Waals surface area contributed by atoms with Gasteiger partial charge in [-0.05, 0) is 49.9 Å². The van der Waals surface area contributed by atoms with Gasteiger partial charge in [0.2, 0.25) is 10.0 Å². The fraction of sp³-hybridized carbons (Fsp3) is 0.652. The van der Waals surface area contributed by atoms with Gasteiger partial charge in [0.1, 0.15) is 6.10 Å². The van der Waals surface area contributed by atoms with Crippen molar-refractivity contribution in [1.82, 2.24) is 14.1 Å². The van der Waals surface area contributed by atoms with E-state index in [2.05, 4.69) is 0 Å². The fourth-order valence-corrected chi connectivity index (χ4v) is 6.28. The van der Waals surface area contributed by atoms with Crippen molar-refractivity contribution in [3.05, 3.63) is 29.8 Å². The molecular formula is C23H33N3O5S. The molecule has 3 fully saturated rings. The zero-order valence-corrected chi connectivity index (χ0v) is 19.6. The molecule has 9 heteroatoms. The summed E-state index contributed by atoms with van der Waals surface area (Å²) in [6.07, 6.45) is 6.42. The molecule has 1 aromatic rings. The largest absolute Gasteiger partial charge is 0.368 e. The number of ether oxygens (including phenoxy) is 1. The predicted molar refractivity (Wildman–Crippen MR) is 120 cm³/mol. The molecule has 2 saturated heterocycles. The second-order valence-electron chi connectivity index (χ2n) is 8.96. The fourth-order valence-electron chi connectivity index (χ4n) is 4.87. The minimum atomic E-state index is -3.58. The first-order valence-corrected chi connectivity index (χ1v) is 13.1. The van der Waals surface area contributed by atoms with E-state index in [1.54, 1.807) is 29.0 Å². The van der Waals surface area contributed by atoms with Gasteiger partial charge < -0.3 is 14.5 Å². The molecule has 1 atom stereocenters. The summed E-state index contributed by atoms with van der Waals surface area (Å²) in [5.74, 6) is -0.120. The van der Waals surface area contributed by atoms with Crippen molar-refractivity contribution < 1.29 is 22.7 Å². The summed E-state index contributed by atoms with van der Waals surface area (Å²) in [6, 6.07) is 6.28. The summed E-state index contributed by atoms with van der Waals surface area (Å²) in [6.45, 7) is 2.53. The molecule has 0 N–H and O–H groups in total. The molecule has 4 rings (SSSR count). The van der Waals surface area contributed by atoms with E-state index in [4.69, 9.17) is 4.74 Å². The lowest BCUT2D eigenvalue weighted by atomic mass is 9.96. The Hall–Kier alpha value is -1.97. The topological polar surface area (TPSA) is 87.2 Å². The van der Waals surface area contributed by atoms with E-state index in [1.165, 1.54) is 16.4 Å². The maximum absolute atomic E-state index is 13.0. The van der Waals surface area contributed by atoms with Crippen molar-refractivity contribution in [2.24, 2.45) is 0 Å². The number of carbonyl (C=O) groups excluding carboxylic acids is 2. The number of carbonyl (C=O) groups is 2. The number of piperazine rings is 1. The first-order valence-electron chi connectivity index (χ1n) is 11.7. The lowest BCUT2D eigenvalue weighted by Crippen LogP contribution is -2.52. The molecule has 32 heavy (non-hydrogen) atoms. The van der Waals surface area contributed by atoms with Crippen molar-refractivity contribution in [1.29, 1.82) is 0 Å². The Morgan fingerprint density at radius 3 is 2.12 bits per heavy atom. The van der Waals surface area contributed by atoms with E-state index >= 15 is 0 Å². The summed E-state index contributed by atoms with van der Waals surface area (Å²) < 4.78 is 33.0. The molecule has 176 valence electrons. The molecular weight excluding hydrogens is 430 g/mol. The highest BCUT2D eigenvalue weighted by molar-refractivity contribution is 7.89. The minimum Gasteiger partial charge on any atom is -0.368 e. The van der Waals surface area contributed by atoms with Crippen LogP contribution in [0.15, 0.2) is 29.2 Å². The van der Waals surface area contributed by atoms with Gasteiger partial charge in [-0.2, -0.15) is 4.31 Å². The molecule has 2 amide bonds. The number of hydrogen-bond donors (Lipinski definition) is 0. The second kappa shape index (κ2) is 9.89. The number of hydrogen-bond acceptors (Lipinski definition) is 5. The maximum Gasteiger partial charge on any atom is 0.253 e. The van der Waals surface area contributed by atoms with Crippen molar-refractivity contribution in [3.63, 3.8) is 0 Å². The van der Waals surface area contributed by atoms with E-state index in [9.17, 15) is 18.0 Å². The van der Waals surface area contributed by atoms with Crippen LogP contribution in [0.2, 0.25) is 0 Å². The highest BCUT2D eigenvalue weighted by Crippen LogP contribution is 2.26. The molecule has 3 aliphatic rings. The van der Waals surface area contributed by atoms with E-state index in [1.807, 2.05) is 0 Å². The average Bonchev–Trinajstić information content (AvgIpc) is 3.38. The van der Waals surface area contributed by atoms with Gasteiger partial charge in [0.15, 0.2) is 0 Å². The van der Waals surface area contributed by atoms with Crippen LogP contribution in [0.4, 0.5) is 0 Å². The Bertz CT molecular complexity index is 913. The SMILES string of the molecule is CN(C1CCCCC1)S(=O)(=O)c1ccc(C(=O)N2CCN(C(=O)C3CCCO3)CC2)cc1. The van der Waals surface area contributed by atoms with E-state index in [-0.39, 0.29) is 28.9 Å². The van der Waals surface area contributed by atoms with Crippen LogP contribution in [0.25, 0.3) is 0 Å². The first-order chi connectivity index (χ1) is 15.4. The highest BCUT2D eigenvalue weighted by atomic mass is 32.2. The average molecular weight is 464 g/mol. The first kappa shape index (κ1) is 23.2. The van der Waals surface area contributed by atoms with Gasteiger partial charge in [0.05, 0.1) is 4.90 Å². The number of sulfonamides is 1. The number of rotatable bonds is 5. The third-order valence-electron chi connectivity index (χ3n) is 6.95. The molecule has 1 saturated carbocycles. The molecule has 1 aliphatic carbocycles. The maximum atomic E-state index is 13.0. The Morgan fingerprint density at radius 1 is 0.906 bits per heavy atom. The summed E-state index contributed by atoms with van der Waals surface area (Å²) >= 11 is 0. The third-order valence-corrected chi connectivity index (χ3v) is 8.88. The Balaban J connectivity index is 1.35. The van der Waals surface area contributed by atoms with E-state index in [0.717, 1.165) is 44.9 Å². The lowest BCUT2D eigenvalue weighted by molar-refractivity contribution is -0.142. The van der Waals surface area contributed by atoms with Crippen LogP contribution in [0.3, 0.4) is 0 Å². The van der Waals surface area contributed by atoms with Gasteiger partial charge in [-0.25, -0.2) is 8.42 Å². The third kappa shape index (κ3) is 4.84. The van der Waals surface area contributed by atoms with Gasteiger partial charge >= 0.3 is 0 Å². The van der Waals surface area contributed by atoms with Crippen LogP contribution in [-0.4, -0.2) is 86.3 Å². The van der Waals surface area contributed by atoms with Gasteiger partial charge in [0.25, 0.3) is 11.8 Å². The summed E-state index contributed by atoms with van der Waals surface area (Å²) in [5, 5.41) is 0. The standard InChI is InChI=1S/C23H33N3O5S/c1-24(19-6-3-2-4-7-19)32(29,30)20-11-9-18(10-12-20)22(27)25-13-15-26(16-14-25)23(28)21-8-5-17-31-21/h9-12,19,21H,2-8,13-17H2,1H3. The zero-order valence-electron chi connectivity index (χ0n) is 18.7. The summed E-state index contributed by atoms with van der Waals surface area (Å²) in [4.78, 5) is 29.1. The van der Waals surface area contributed by atoms with Gasteiger partial charge in [0, 0.05) is 51.4 Å². The van der Waals surface area contributed by atoms with Crippen LogP contribution in [0, 0.1) is 0 Å². The normalized spacial score (nSPS) is 23.0.